The van der Waals surface area contributed by atoms with Crippen molar-refractivity contribution in [2.45, 2.75) is 32.7 Å². The minimum absolute atomic E-state index is 0.0683. The highest BCUT2D eigenvalue weighted by Crippen LogP contribution is 2.14. The smallest absolute Gasteiger partial charge is 0.337 e. The lowest BCUT2D eigenvalue weighted by atomic mass is 10.2. The molecular weight excluding hydrogens is 258 g/mol. The van der Waals surface area contributed by atoms with Crippen molar-refractivity contribution < 1.29 is 19.1 Å². The van der Waals surface area contributed by atoms with Gasteiger partial charge in [0, 0.05) is 6.04 Å². The van der Waals surface area contributed by atoms with Crippen LogP contribution in [-0.2, 0) is 9.53 Å². The van der Waals surface area contributed by atoms with Crippen LogP contribution in [0, 0.1) is 0 Å². The monoisotopic (exact) mass is 279 g/mol. The molecule has 5 heteroatoms. The van der Waals surface area contributed by atoms with Gasteiger partial charge in [-0.1, -0.05) is 19.9 Å². The first-order valence-corrected chi connectivity index (χ1v) is 6.71. The molecule has 0 bridgehead atoms. The van der Waals surface area contributed by atoms with E-state index in [4.69, 9.17) is 4.74 Å². The summed E-state index contributed by atoms with van der Waals surface area (Å²) in [6.07, 6.45) is 1.78. The third-order valence-corrected chi connectivity index (χ3v) is 2.98. The van der Waals surface area contributed by atoms with Gasteiger partial charge < -0.3 is 14.8 Å². The molecule has 0 aromatic heterocycles. The molecule has 20 heavy (non-hydrogen) atoms. The largest absolute Gasteiger partial charge is 0.484 e. The highest BCUT2D eigenvalue weighted by Gasteiger charge is 2.10. The molecule has 0 fully saturated rings. The minimum Gasteiger partial charge on any atom is -0.484 e. The predicted molar refractivity (Wildman–Crippen MR) is 75.8 cm³/mol. The van der Waals surface area contributed by atoms with Crippen LogP contribution in [0.25, 0.3) is 0 Å². The summed E-state index contributed by atoms with van der Waals surface area (Å²) in [4.78, 5) is 23.1. The Morgan fingerprint density at radius 3 is 2.55 bits per heavy atom. The van der Waals surface area contributed by atoms with Gasteiger partial charge >= 0.3 is 5.97 Å². The Morgan fingerprint density at radius 1 is 1.25 bits per heavy atom. The lowest BCUT2D eigenvalue weighted by Gasteiger charge is -2.15. The van der Waals surface area contributed by atoms with Gasteiger partial charge in [0.05, 0.1) is 12.7 Å². The number of esters is 1. The van der Waals surface area contributed by atoms with E-state index in [2.05, 4.69) is 10.1 Å². The molecule has 0 unspecified atom stereocenters. The van der Waals surface area contributed by atoms with E-state index in [0.717, 1.165) is 12.8 Å². The van der Waals surface area contributed by atoms with Crippen molar-refractivity contribution >= 4 is 11.9 Å². The standard InChI is InChI=1S/C15H21NO4/c1-4-12(5-2)16-14(17)10-20-13-8-6-7-11(9-13)15(18)19-3/h6-9,12H,4-5,10H2,1-3H3,(H,16,17). The Bertz CT molecular complexity index is 455. The second-order valence-corrected chi connectivity index (χ2v) is 4.39. The van der Waals surface area contributed by atoms with Gasteiger partial charge in [0.25, 0.3) is 5.91 Å². The van der Waals surface area contributed by atoms with E-state index in [1.807, 2.05) is 13.8 Å². The first kappa shape index (κ1) is 16.0. The van der Waals surface area contributed by atoms with Crippen molar-refractivity contribution in [2.75, 3.05) is 13.7 Å². The zero-order chi connectivity index (χ0) is 15.0. The summed E-state index contributed by atoms with van der Waals surface area (Å²) in [6.45, 7) is 3.98. The van der Waals surface area contributed by atoms with Crippen LogP contribution in [0.4, 0.5) is 0 Å². The molecule has 0 atom stereocenters. The highest BCUT2D eigenvalue weighted by molar-refractivity contribution is 5.89. The van der Waals surface area contributed by atoms with Gasteiger partial charge in [-0.15, -0.1) is 0 Å². The molecule has 110 valence electrons. The fraction of sp³-hybridized carbons (Fsp3) is 0.467. The number of nitrogens with one attached hydrogen (secondary N) is 1. The van der Waals surface area contributed by atoms with E-state index in [1.54, 1.807) is 24.3 Å². The molecule has 5 nitrogen and oxygen atoms in total. The molecule has 0 spiro atoms. The molecule has 1 aromatic carbocycles. The van der Waals surface area contributed by atoms with E-state index >= 15 is 0 Å². The van der Waals surface area contributed by atoms with Crippen molar-refractivity contribution in [2.24, 2.45) is 0 Å². The number of hydrogen-bond acceptors (Lipinski definition) is 4. The zero-order valence-corrected chi connectivity index (χ0v) is 12.1. The molecule has 0 saturated carbocycles. The summed E-state index contributed by atoms with van der Waals surface area (Å²) in [6, 6.07) is 6.73. The summed E-state index contributed by atoms with van der Waals surface area (Å²) in [5.74, 6) is -0.133. The van der Waals surface area contributed by atoms with E-state index in [1.165, 1.54) is 7.11 Å². The molecule has 1 aromatic rings. The zero-order valence-electron chi connectivity index (χ0n) is 12.1. The molecule has 0 aliphatic carbocycles. The number of amides is 1. The number of methoxy groups -OCH3 is 1. The van der Waals surface area contributed by atoms with Gasteiger partial charge in [0.1, 0.15) is 5.75 Å². The Morgan fingerprint density at radius 2 is 1.95 bits per heavy atom. The molecular formula is C15H21NO4. The normalized spacial score (nSPS) is 10.2. The fourth-order valence-electron chi connectivity index (χ4n) is 1.74. The molecule has 0 aliphatic rings. The van der Waals surface area contributed by atoms with Crippen LogP contribution in [0.5, 0.6) is 5.75 Å². The molecule has 1 amide bonds. The second kappa shape index (κ2) is 8.19. The lowest BCUT2D eigenvalue weighted by Crippen LogP contribution is -2.37. The molecule has 0 radical (unpaired) electrons. The van der Waals surface area contributed by atoms with Crippen molar-refractivity contribution in [3.05, 3.63) is 29.8 Å². The first-order valence-electron chi connectivity index (χ1n) is 6.71. The predicted octanol–water partition coefficient (Wildman–Crippen LogP) is 2.16. The molecule has 0 aliphatic heterocycles. The lowest BCUT2D eigenvalue weighted by molar-refractivity contribution is -0.123. The number of hydrogen-bond donors (Lipinski definition) is 1. The molecule has 0 saturated heterocycles. The minimum atomic E-state index is -0.433. The summed E-state index contributed by atoms with van der Waals surface area (Å²) >= 11 is 0. The summed E-state index contributed by atoms with van der Waals surface area (Å²) in [5, 5.41) is 2.88. The van der Waals surface area contributed by atoms with Crippen molar-refractivity contribution in [3.8, 4) is 5.75 Å². The fourth-order valence-corrected chi connectivity index (χ4v) is 1.74. The van der Waals surface area contributed by atoms with Crippen LogP contribution in [0.2, 0.25) is 0 Å². The van der Waals surface area contributed by atoms with E-state index in [0.29, 0.717) is 11.3 Å². The van der Waals surface area contributed by atoms with Gasteiger partial charge in [0.2, 0.25) is 0 Å². The number of ether oxygens (including phenoxy) is 2. The highest BCUT2D eigenvalue weighted by atomic mass is 16.5. The number of carbonyl (C=O) groups is 2. The third-order valence-electron chi connectivity index (χ3n) is 2.98. The van der Waals surface area contributed by atoms with Crippen LogP contribution < -0.4 is 10.1 Å². The van der Waals surface area contributed by atoms with Gasteiger partial charge in [-0.3, -0.25) is 4.79 Å². The van der Waals surface area contributed by atoms with E-state index < -0.39 is 5.97 Å². The van der Waals surface area contributed by atoms with Gasteiger partial charge in [0.15, 0.2) is 6.61 Å². The topological polar surface area (TPSA) is 64.6 Å². The maximum absolute atomic E-state index is 11.7. The number of benzene rings is 1. The Labute approximate surface area is 119 Å². The third kappa shape index (κ3) is 4.91. The van der Waals surface area contributed by atoms with E-state index in [-0.39, 0.29) is 18.6 Å². The Kier molecular flexibility index (Phi) is 6.56. The molecule has 1 rings (SSSR count). The van der Waals surface area contributed by atoms with Crippen LogP contribution >= 0.6 is 0 Å². The van der Waals surface area contributed by atoms with Gasteiger partial charge in [-0.05, 0) is 31.0 Å². The second-order valence-electron chi connectivity index (χ2n) is 4.39. The first-order chi connectivity index (χ1) is 9.60. The molecule has 1 N–H and O–H groups in total. The van der Waals surface area contributed by atoms with Crippen molar-refractivity contribution in [3.63, 3.8) is 0 Å². The van der Waals surface area contributed by atoms with Crippen molar-refractivity contribution in [1.29, 1.82) is 0 Å². The maximum atomic E-state index is 11.7. The van der Waals surface area contributed by atoms with Crippen LogP contribution in [0.3, 0.4) is 0 Å². The quantitative estimate of drug-likeness (QED) is 0.777. The molecule has 0 heterocycles. The maximum Gasteiger partial charge on any atom is 0.337 e. The summed E-state index contributed by atoms with van der Waals surface area (Å²) in [7, 11) is 1.32. The summed E-state index contributed by atoms with van der Waals surface area (Å²) in [5.41, 5.74) is 0.394. The average molecular weight is 279 g/mol. The average Bonchev–Trinajstić information content (AvgIpc) is 2.50. The van der Waals surface area contributed by atoms with Crippen molar-refractivity contribution in [1.82, 2.24) is 5.32 Å². The SMILES string of the molecule is CCC(CC)NC(=O)COc1cccc(C(=O)OC)c1. The van der Waals surface area contributed by atoms with Crippen LogP contribution in [0.15, 0.2) is 24.3 Å². The van der Waals surface area contributed by atoms with Crippen LogP contribution in [0.1, 0.15) is 37.0 Å². The Hall–Kier alpha value is -2.04. The summed E-state index contributed by atoms with van der Waals surface area (Å²) < 4.78 is 10.00. The Balaban J connectivity index is 2.53. The van der Waals surface area contributed by atoms with E-state index in [9.17, 15) is 9.59 Å². The van der Waals surface area contributed by atoms with Crippen LogP contribution in [-0.4, -0.2) is 31.6 Å². The number of rotatable bonds is 7. The van der Waals surface area contributed by atoms with Gasteiger partial charge in [-0.25, -0.2) is 4.79 Å². The number of carbonyl (C=O) groups excluding carboxylic acids is 2. The van der Waals surface area contributed by atoms with Gasteiger partial charge in [-0.2, -0.15) is 0 Å².